The second-order valence-corrected chi connectivity index (χ2v) is 4.19. The zero-order valence-corrected chi connectivity index (χ0v) is 10.1. The molecule has 0 aliphatic heterocycles. The fourth-order valence-electron chi connectivity index (χ4n) is 1.71. The summed E-state index contributed by atoms with van der Waals surface area (Å²) in [4.78, 5) is 0. The van der Waals surface area contributed by atoms with Gasteiger partial charge in [0.1, 0.15) is 0 Å². The Morgan fingerprint density at radius 1 is 1.31 bits per heavy atom. The van der Waals surface area contributed by atoms with E-state index in [-0.39, 0.29) is 0 Å². The maximum Gasteiger partial charge on any atom is 0.0638 e. The van der Waals surface area contributed by atoms with Crippen LogP contribution in [0.3, 0.4) is 0 Å². The SMILES string of the molecule is CC[C@@H](CC#N)NC[C@@H](C)c1ccccc1. The molecule has 0 aliphatic carbocycles. The van der Waals surface area contributed by atoms with E-state index in [1.54, 1.807) is 0 Å². The van der Waals surface area contributed by atoms with Crippen LogP contribution < -0.4 is 5.32 Å². The Morgan fingerprint density at radius 3 is 2.56 bits per heavy atom. The Labute approximate surface area is 98.3 Å². The van der Waals surface area contributed by atoms with E-state index in [2.05, 4.69) is 49.5 Å². The summed E-state index contributed by atoms with van der Waals surface area (Å²) in [5.74, 6) is 0.494. The van der Waals surface area contributed by atoms with E-state index in [0.29, 0.717) is 18.4 Å². The molecule has 0 saturated carbocycles. The molecule has 86 valence electrons. The highest BCUT2D eigenvalue weighted by Gasteiger charge is 2.08. The van der Waals surface area contributed by atoms with Crippen LogP contribution in [-0.2, 0) is 0 Å². The van der Waals surface area contributed by atoms with Crippen LogP contribution in [0.1, 0.15) is 38.2 Å². The number of benzene rings is 1. The van der Waals surface area contributed by atoms with Crippen LogP contribution in [0.25, 0.3) is 0 Å². The highest BCUT2D eigenvalue weighted by molar-refractivity contribution is 5.19. The normalized spacial score (nSPS) is 14.1. The molecule has 16 heavy (non-hydrogen) atoms. The van der Waals surface area contributed by atoms with Gasteiger partial charge in [-0.25, -0.2) is 0 Å². The van der Waals surface area contributed by atoms with E-state index < -0.39 is 0 Å². The first-order valence-corrected chi connectivity index (χ1v) is 5.93. The maximum absolute atomic E-state index is 8.66. The first kappa shape index (κ1) is 12.7. The van der Waals surface area contributed by atoms with Crippen molar-refractivity contribution in [1.29, 1.82) is 5.26 Å². The molecule has 0 radical (unpaired) electrons. The maximum atomic E-state index is 8.66. The average molecular weight is 216 g/mol. The number of hydrogen-bond acceptors (Lipinski definition) is 2. The molecule has 2 heteroatoms. The summed E-state index contributed by atoms with van der Waals surface area (Å²) in [6, 6.07) is 13.0. The van der Waals surface area contributed by atoms with E-state index in [0.717, 1.165) is 13.0 Å². The molecular formula is C14H20N2. The molecule has 0 fully saturated rings. The van der Waals surface area contributed by atoms with Crippen LogP contribution in [0.15, 0.2) is 30.3 Å². The molecule has 0 bridgehead atoms. The third-order valence-corrected chi connectivity index (χ3v) is 2.91. The number of nitriles is 1. The van der Waals surface area contributed by atoms with Gasteiger partial charge in [-0.05, 0) is 17.9 Å². The molecule has 2 atom stereocenters. The van der Waals surface area contributed by atoms with Gasteiger partial charge in [0.25, 0.3) is 0 Å². The molecular weight excluding hydrogens is 196 g/mol. The zero-order chi connectivity index (χ0) is 11.8. The van der Waals surface area contributed by atoms with Crippen molar-refractivity contribution >= 4 is 0 Å². The minimum absolute atomic E-state index is 0.330. The predicted molar refractivity (Wildman–Crippen MR) is 67.2 cm³/mol. The fraction of sp³-hybridized carbons (Fsp3) is 0.500. The van der Waals surface area contributed by atoms with Crippen molar-refractivity contribution in [3.63, 3.8) is 0 Å². The fourth-order valence-corrected chi connectivity index (χ4v) is 1.71. The molecule has 2 nitrogen and oxygen atoms in total. The molecule has 1 rings (SSSR count). The van der Waals surface area contributed by atoms with Crippen LogP contribution in [0.5, 0.6) is 0 Å². The van der Waals surface area contributed by atoms with Gasteiger partial charge in [-0.1, -0.05) is 44.2 Å². The first-order valence-electron chi connectivity index (χ1n) is 5.93. The Hall–Kier alpha value is -1.33. The highest BCUT2D eigenvalue weighted by atomic mass is 14.9. The summed E-state index contributed by atoms with van der Waals surface area (Å²) < 4.78 is 0. The third kappa shape index (κ3) is 4.04. The van der Waals surface area contributed by atoms with Crippen LogP contribution in [0.4, 0.5) is 0 Å². The lowest BCUT2D eigenvalue weighted by Gasteiger charge is -2.18. The minimum atomic E-state index is 0.330. The van der Waals surface area contributed by atoms with Gasteiger partial charge in [0.2, 0.25) is 0 Å². The van der Waals surface area contributed by atoms with Crippen molar-refractivity contribution < 1.29 is 0 Å². The number of nitrogens with one attached hydrogen (secondary N) is 1. The van der Waals surface area contributed by atoms with Gasteiger partial charge in [-0.3, -0.25) is 0 Å². The van der Waals surface area contributed by atoms with Crippen molar-refractivity contribution in [3.05, 3.63) is 35.9 Å². The molecule has 0 spiro atoms. The van der Waals surface area contributed by atoms with Gasteiger partial charge in [0.15, 0.2) is 0 Å². The van der Waals surface area contributed by atoms with Crippen LogP contribution in [0.2, 0.25) is 0 Å². The summed E-state index contributed by atoms with van der Waals surface area (Å²) in [5.41, 5.74) is 1.35. The Balaban J connectivity index is 2.41. The van der Waals surface area contributed by atoms with E-state index in [1.807, 2.05) is 6.07 Å². The van der Waals surface area contributed by atoms with Gasteiger partial charge >= 0.3 is 0 Å². The van der Waals surface area contributed by atoms with Gasteiger partial charge in [0.05, 0.1) is 12.5 Å². The smallest absolute Gasteiger partial charge is 0.0638 e. The second kappa shape index (κ2) is 7.03. The lowest BCUT2D eigenvalue weighted by molar-refractivity contribution is 0.484. The predicted octanol–water partition coefficient (Wildman–Crippen LogP) is 3.07. The van der Waals surface area contributed by atoms with Gasteiger partial charge < -0.3 is 5.32 Å². The van der Waals surface area contributed by atoms with E-state index in [1.165, 1.54) is 5.56 Å². The van der Waals surface area contributed by atoms with Crippen LogP contribution in [0, 0.1) is 11.3 Å². The van der Waals surface area contributed by atoms with Gasteiger partial charge in [0, 0.05) is 12.6 Å². The van der Waals surface area contributed by atoms with Crippen molar-refractivity contribution in [1.82, 2.24) is 5.32 Å². The highest BCUT2D eigenvalue weighted by Crippen LogP contribution is 2.13. The van der Waals surface area contributed by atoms with Gasteiger partial charge in [-0.15, -0.1) is 0 Å². The molecule has 0 aliphatic rings. The minimum Gasteiger partial charge on any atom is -0.312 e. The summed E-state index contributed by atoms with van der Waals surface area (Å²) in [7, 11) is 0. The molecule has 0 aromatic heterocycles. The van der Waals surface area contributed by atoms with Crippen molar-refractivity contribution in [2.24, 2.45) is 0 Å². The van der Waals surface area contributed by atoms with Crippen molar-refractivity contribution in [2.45, 2.75) is 38.6 Å². The standard InChI is InChI=1S/C14H20N2/c1-3-14(9-10-15)16-11-12(2)13-7-5-4-6-8-13/h4-8,12,14,16H,3,9,11H2,1-2H3/t12-,14+/m1/s1. The Kier molecular flexibility index (Phi) is 5.60. The number of rotatable bonds is 6. The van der Waals surface area contributed by atoms with E-state index in [9.17, 15) is 0 Å². The molecule has 1 N–H and O–H groups in total. The molecule has 1 aromatic carbocycles. The molecule has 0 amide bonds. The lowest BCUT2D eigenvalue weighted by atomic mass is 10.0. The first-order chi connectivity index (χ1) is 7.77. The lowest BCUT2D eigenvalue weighted by Crippen LogP contribution is -2.31. The third-order valence-electron chi connectivity index (χ3n) is 2.91. The summed E-state index contributed by atoms with van der Waals surface area (Å²) in [6.45, 7) is 5.26. The molecule has 0 heterocycles. The zero-order valence-electron chi connectivity index (χ0n) is 10.1. The van der Waals surface area contributed by atoms with E-state index in [4.69, 9.17) is 5.26 Å². The quantitative estimate of drug-likeness (QED) is 0.793. The molecule has 0 unspecified atom stereocenters. The summed E-state index contributed by atoms with van der Waals surface area (Å²) in [6.07, 6.45) is 1.60. The van der Waals surface area contributed by atoms with Crippen LogP contribution >= 0.6 is 0 Å². The second-order valence-electron chi connectivity index (χ2n) is 4.19. The molecule has 0 saturated heterocycles. The topological polar surface area (TPSA) is 35.8 Å². The molecule has 1 aromatic rings. The van der Waals surface area contributed by atoms with E-state index >= 15 is 0 Å². The average Bonchev–Trinajstić information content (AvgIpc) is 2.35. The Bertz CT molecular complexity index is 326. The monoisotopic (exact) mass is 216 g/mol. The largest absolute Gasteiger partial charge is 0.312 e. The number of nitrogens with zero attached hydrogens (tertiary/aromatic N) is 1. The van der Waals surface area contributed by atoms with Crippen molar-refractivity contribution in [2.75, 3.05) is 6.54 Å². The number of hydrogen-bond donors (Lipinski definition) is 1. The Morgan fingerprint density at radius 2 is 2.00 bits per heavy atom. The summed E-state index contributed by atoms with van der Waals surface area (Å²) >= 11 is 0. The van der Waals surface area contributed by atoms with Crippen molar-refractivity contribution in [3.8, 4) is 6.07 Å². The van der Waals surface area contributed by atoms with Gasteiger partial charge in [-0.2, -0.15) is 5.26 Å². The summed E-state index contributed by atoms with van der Waals surface area (Å²) in [5, 5.41) is 12.1. The van der Waals surface area contributed by atoms with Crippen LogP contribution in [-0.4, -0.2) is 12.6 Å².